The molecule has 1 aromatic heterocycles. The Labute approximate surface area is 94.8 Å². The fourth-order valence-corrected chi connectivity index (χ4v) is 1.29. The monoisotopic (exact) mass is 218 g/mol. The first-order valence-electron chi connectivity index (χ1n) is 5.42. The van der Waals surface area contributed by atoms with E-state index >= 15 is 0 Å². The SMILES string of the molecule is CC(C)Oc1cnc(C#N)cc1OC1CC1. The summed E-state index contributed by atoms with van der Waals surface area (Å²) in [5.74, 6) is 1.24. The zero-order chi connectivity index (χ0) is 11.5. The van der Waals surface area contributed by atoms with Gasteiger partial charge in [-0.25, -0.2) is 4.98 Å². The number of hydrogen-bond acceptors (Lipinski definition) is 4. The summed E-state index contributed by atoms with van der Waals surface area (Å²) in [5, 5.41) is 8.78. The highest BCUT2D eigenvalue weighted by molar-refractivity contribution is 5.42. The van der Waals surface area contributed by atoms with Gasteiger partial charge in [0.1, 0.15) is 11.8 Å². The van der Waals surface area contributed by atoms with Gasteiger partial charge < -0.3 is 9.47 Å². The van der Waals surface area contributed by atoms with E-state index in [1.165, 1.54) is 0 Å². The molecule has 0 saturated heterocycles. The summed E-state index contributed by atoms with van der Waals surface area (Å²) >= 11 is 0. The van der Waals surface area contributed by atoms with Crippen molar-refractivity contribution in [2.24, 2.45) is 0 Å². The molecule has 0 atom stereocenters. The van der Waals surface area contributed by atoms with Crippen LogP contribution in [0.2, 0.25) is 0 Å². The second kappa shape index (κ2) is 4.40. The van der Waals surface area contributed by atoms with E-state index in [0.29, 0.717) is 17.2 Å². The molecule has 4 nitrogen and oxygen atoms in total. The number of aromatic nitrogens is 1. The van der Waals surface area contributed by atoms with Gasteiger partial charge in [0, 0.05) is 6.07 Å². The number of ether oxygens (including phenoxy) is 2. The van der Waals surface area contributed by atoms with E-state index in [2.05, 4.69) is 4.98 Å². The third-order valence-electron chi connectivity index (χ3n) is 2.13. The maximum absolute atomic E-state index is 8.78. The van der Waals surface area contributed by atoms with Gasteiger partial charge in [0.25, 0.3) is 0 Å². The fraction of sp³-hybridized carbons (Fsp3) is 0.500. The van der Waals surface area contributed by atoms with Crippen molar-refractivity contribution in [1.82, 2.24) is 4.98 Å². The van der Waals surface area contributed by atoms with E-state index in [9.17, 15) is 0 Å². The molecule has 1 aromatic rings. The molecule has 0 aliphatic heterocycles. The smallest absolute Gasteiger partial charge is 0.179 e. The van der Waals surface area contributed by atoms with Gasteiger partial charge in [0.05, 0.1) is 18.4 Å². The average molecular weight is 218 g/mol. The highest BCUT2D eigenvalue weighted by Gasteiger charge is 2.25. The summed E-state index contributed by atoms with van der Waals surface area (Å²) in [6.45, 7) is 3.89. The third kappa shape index (κ3) is 2.63. The lowest BCUT2D eigenvalue weighted by Crippen LogP contribution is -2.08. The fourth-order valence-electron chi connectivity index (χ4n) is 1.29. The molecular weight excluding hydrogens is 204 g/mol. The van der Waals surface area contributed by atoms with Crippen LogP contribution >= 0.6 is 0 Å². The van der Waals surface area contributed by atoms with Crippen molar-refractivity contribution in [3.05, 3.63) is 18.0 Å². The highest BCUT2D eigenvalue weighted by Crippen LogP contribution is 2.33. The van der Waals surface area contributed by atoms with Crippen molar-refractivity contribution in [2.75, 3.05) is 0 Å². The van der Waals surface area contributed by atoms with Crippen LogP contribution in [-0.2, 0) is 0 Å². The molecular formula is C12H14N2O2. The summed E-state index contributed by atoms with van der Waals surface area (Å²) in [6, 6.07) is 3.63. The van der Waals surface area contributed by atoms with Gasteiger partial charge in [-0.1, -0.05) is 0 Å². The molecule has 0 radical (unpaired) electrons. The first-order chi connectivity index (χ1) is 7.69. The minimum atomic E-state index is 0.0660. The molecule has 1 fully saturated rings. The number of nitrogens with zero attached hydrogens (tertiary/aromatic N) is 2. The molecule has 4 heteroatoms. The van der Waals surface area contributed by atoms with Gasteiger partial charge in [-0.05, 0) is 26.7 Å². The second-order valence-electron chi connectivity index (χ2n) is 4.11. The van der Waals surface area contributed by atoms with Crippen molar-refractivity contribution >= 4 is 0 Å². The molecule has 1 heterocycles. The first-order valence-corrected chi connectivity index (χ1v) is 5.42. The van der Waals surface area contributed by atoms with E-state index in [-0.39, 0.29) is 12.2 Å². The van der Waals surface area contributed by atoms with Crippen LogP contribution in [-0.4, -0.2) is 17.2 Å². The van der Waals surface area contributed by atoms with Crippen molar-refractivity contribution in [3.63, 3.8) is 0 Å². The summed E-state index contributed by atoms with van der Waals surface area (Å²) in [5.41, 5.74) is 0.353. The van der Waals surface area contributed by atoms with Crippen LogP contribution in [0.1, 0.15) is 32.4 Å². The number of hydrogen-bond donors (Lipinski definition) is 0. The highest BCUT2D eigenvalue weighted by atomic mass is 16.5. The topological polar surface area (TPSA) is 55.1 Å². The molecule has 2 rings (SSSR count). The molecule has 1 aliphatic carbocycles. The van der Waals surface area contributed by atoms with Crippen molar-refractivity contribution in [2.45, 2.75) is 38.9 Å². The predicted molar refractivity (Wildman–Crippen MR) is 58.4 cm³/mol. The summed E-state index contributed by atoms with van der Waals surface area (Å²) in [4.78, 5) is 3.97. The van der Waals surface area contributed by atoms with Crippen LogP contribution in [0.15, 0.2) is 12.3 Å². The van der Waals surface area contributed by atoms with Gasteiger partial charge in [-0.15, -0.1) is 0 Å². The van der Waals surface area contributed by atoms with Gasteiger partial charge in [-0.2, -0.15) is 5.26 Å². The number of pyridine rings is 1. The molecule has 0 bridgehead atoms. The minimum Gasteiger partial charge on any atom is -0.486 e. The van der Waals surface area contributed by atoms with Gasteiger partial charge in [0.15, 0.2) is 11.5 Å². The largest absolute Gasteiger partial charge is 0.486 e. The summed E-state index contributed by atoms with van der Waals surface area (Å²) in [7, 11) is 0. The summed E-state index contributed by atoms with van der Waals surface area (Å²) < 4.78 is 11.3. The molecule has 0 unspecified atom stereocenters. The van der Waals surface area contributed by atoms with Gasteiger partial charge >= 0.3 is 0 Å². The van der Waals surface area contributed by atoms with E-state index in [0.717, 1.165) is 12.8 Å². The third-order valence-corrected chi connectivity index (χ3v) is 2.13. The van der Waals surface area contributed by atoms with Crippen LogP contribution in [0.4, 0.5) is 0 Å². The Morgan fingerprint density at radius 3 is 2.75 bits per heavy atom. The van der Waals surface area contributed by atoms with Crippen molar-refractivity contribution in [1.29, 1.82) is 5.26 Å². The molecule has 0 spiro atoms. The standard InChI is InChI=1S/C12H14N2O2/c1-8(2)15-12-7-14-9(6-13)5-11(12)16-10-3-4-10/h5,7-8,10H,3-4H2,1-2H3. The normalized spacial score (nSPS) is 14.6. The zero-order valence-corrected chi connectivity index (χ0v) is 9.43. The molecule has 0 aromatic carbocycles. The Kier molecular flexibility index (Phi) is 2.95. The molecule has 0 N–H and O–H groups in total. The molecule has 1 aliphatic rings. The predicted octanol–water partition coefficient (Wildman–Crippen LogP) is 2.28. The van der Waals surface area contributed by atoms with Gasteiger partial charge in [-0.3, -0.25) is 0 Å². The van der Waals surface area contributed by atoms with E-state index in [1.54, 1.807) is 12.3 Å². The Balaban J connectivity index is 2.23. The van der Waals surface area contributed by atoms with Crippen molar-refractivity contribution < 1.29 is 9.47 Å². The average Bonchev–Trinajstić information content (AvgIpc) is 3.04. The lowest BCUT2D eigenvalue weighted by atomic mass is 10.3. The van der Waals surface area contributed by atoms with Crippen LogP contribution in [0.3, 0.4) is 0 Å². The second-order valence-corrected chi connectivity index (χ2v) is 4.11. The maximum atomic E-state index is 8.78. The molecule has 16 heavy (non-hydrogen) atoms. The van der Waals surface area contributed by atoms with Crippen molar-refractivity contribution in [3.8, 4) is 17.6 Å². The zero-order valence-electron chi connectivity index (χ0n) is 9.43. The molecule has 1 saturated carbocycles. The quantitative estimate of drug-likeness (QED) is 0.778. The van der Waals surface area contributed by atoms with Crippen LogP contribution < -0.4 is 9.47 Å². The minimum absolute atomic E-state index is 0.0660. The Morgan fingerprint density at radius 2 is 2.19 bits per heavy atom. The number of nitriles is 1. The van der Waals surface area contributed by atoms with Crippen LogP contribution in [0.5, 0.6) is 11.5 Å². The molecule has 0 amide bonds. The Bertz CT molecular complexity index is 420. The lowest BCUT2D eigenvalue weighted by Gasteiger charge is -2.14. The first kappa shape index (κ1) is 10.7. The Morgan fingerprint density at radius 1 is 1.44 bits per heavy atom. The van der Waals surface area contributed by atoms with E-state index in [1.807, 2.05) is 19.9 Å². The summed E-state index contributed by atoms with van der Waals surface area (Å²) in [6.07, 6.45) is 4.05. The lowest BCUT2D eigenvalue weighted by molar-refractivity contribution is 0.216. The van der Waals surface area contributed by atoms with Crippen LogP contribution in [0.25, 0.3) is 0 Å². The number of rotatable bonds is 4. The van der Waals surface area contributed by atoms with Crippen LogP contribution in [0, 0.1) is 11.3 Å². The Hall–Kier alpha value is -1.76. The molecule has 84 valence electrons. The van der Waals surface area contributed by atoms with E-state index in [4.69, 9.17) is 14.7 Å². The maximum Gasteiger partial charge on any atom is 0.179 e. The van der Waals surface area contributed by atoms with E-state index < -0.39 is 0 Å². The van der Waals surface area contributed by atoms with Gasteiger partial charge in [0.2, 0.25) is 0 Å².